The lowest BCUT2D eigenvalue weighted by molar-refractivity contribution is 0.157. The molecular formula is C16H30N4. The summed E-state index contributed by atoms with van der Waals surface area (Å²) in [7, 11) is 0. The molecule has 1 aliphatic rings. The van der Waals surface area contributed by atoms with Gasteiger partial charge in [0.2, 0.25) is 5.95 Å². The van der Waals surface area contributed by atoms with Crippen LogP contribution in [0, 0.1) is 5.92 Å². The highest BCUT2D eigenvalue weighted by Gasteiger charge is 2.17. The molecule has 1 saturated heterocycles. The number of nitrogens with zero attached hydrogens (tertiary/aromatic N) is 3. The average molecular weight is 278 g/mol. The Morgan fingerprint density at radius 3 is 2.95 bits per heavy atom. The lowest BCUT2D eigenvalue weighted by Crippen LogP contribution is -2.38. The van der Waals surface area contributed by atoms with Crippen molar-refractivity contribution in [2.45, 2.75) is 59.0 Å². The minimum Gasteiger partial charge on any atom is -0.355 e. The van der Waals surface area contributed by atoms with Crippen LogP contribution in [0.15, 0.2) is 12.4 Å². The standard InChI is InChI=1S/C16H30N4/c1-14(2)13-18-16-17-8-12-20(16)11-6-10-19-9-5-4-7-15(19)3/h8,12,14-15H,4-7,9-11,13H2,1-3H3,(H,17,18). The highest BCUT2D eigenvalue weighted by Crippen LogP contribution is 2.16. The van der Waals surface area contributed by atoms with Gasteiger partial charge >= 0.3 is 0 Å². The quantitative estimate of drug-likeness (QED) is 0.831. The van der Waals surface area contributed by atoms with E-state index in [4.69, 9.17) is 0 Å². The zero-order valence-corrected chi connectivity index (χ0v) is 13.3. The maximum atomic E-state index is 4.41. The molecule has 0 bridgehead atoms. The van der Waals surface area contributed by atoms with Crippen molar-refractivity contribution in [3.05, 3.63) is 12.4 Å². The van der Waals surface area contributed by atoms with Gasteiger partial charge in [-0.15, -0.1) is 0 Å². The number of hydrogen-bond acceptors (Lipinski definition) is 3. The van der Waals surface area contributed by atoms with Crippen molar-refractivity contribution >= 4 is 5.95 Å². The Kier molecular flexibility index (Phi) is 5.89. The van der Waals surface area contributed by atoms with Gasteiger partial charge in [-0.2, -0.15) is 0 Å². The number of aryl methyl sites for hydroxylation is 1. The molecule has 0 amide bonds. The molecule has 1 atom stereocenters. The molecule has 0 saturated carbocycles. The predicted octanol–water partition coefficient (Wildman–Crippen LogP) is 3.22. The van der Waals surface area contributed by atoms with Crippen LogP contribution in [-0.4, -0.2) is 40.1 Å². The zero-order valence-electron chi connectivity index (χ0n) is 13.3. The zero-order chi connectivity index (χ0) is 14.4. The van der Waals surface area contributed by atoms with E-state index in [0.717, 1.165) is 25.1 Å². The summed E-state index contributed by atoms with van der Waals surface area (Å²) in [6.45, 7) is 11.3. The van der Waals surface area contributed by atoms with Gasteiger partial charge in [0, 0.05) is 38.1 Å². The van der Waals surface area contributed by atoms with Crippen molar-refractivity contribution in [3.63, 3.8) is 0 Å². The lowest BCUT2D eigenvalue weighted by Gasteiger charge is -2.33. The van der Waals surface area contributed by atoms with Gasteiger partial charge in [0.15, 0.2) is 0 Å². The van der Waals surface area contributed by atoms with Crippen LogP contribution >= 0.6 is 0 Å². The summed E-state index contributed by atoms with van der Waals surface area (Å²) < 4.78 is 2.25. The molecule has 1 fully saturated rings. The second-order valence-electron chi connectivity index (χ2n) is 6.45. The number of rotatable bonds is 7. The number of aromatic nitrogens is 2. The Balaban J connectivity index is 1.75. The average Bonchev–Trinajstić information content (AvgIpc) is 2.86. The van der Waals surface area contributed by atoms with Gasteiger partial charge in [0.1, 0.15) is 0 Å². The van der Waals surface area contributed by atoms with Gasteiger partial charge in [0.25, 0.3) is 0 Å². The number of likely N-dealkylation sites (tertiary alicyclic amines) is 1. The van der Waals surface area contributed by atoms with E-state index in [9.17, 15) is 0 Å². The van der Waals surface area contributed by atoms with Crippen molar-refractivity contribution in [1.82, 2.24) is 14.5 Å². The smallest absolute Gasteiger partial charge is 0.202 e. The van der Waals surface area contributed by atoms with Gasteiger partial charge < -0.3 is 14.8 Å². The third kappa shape index (κ3) is 4.51. The molecule has 1 aliphatic heterocycles. The normalized spacial score (nSPS) is 20.5. The first-order valence-corrected chi connectivity index (χ1v) is 8.16. The van der Waals surface area contributed by atoms with Crippen molar-refractivity contribution in [1.29, 1.82) is 0 Å². The largest absolute Gasteiger partial charge is 0.355 e. The van der Waals surface area contributed by atoms with Crippen LogP contribution in [0.3, 0.4) is 0 Å². The van der Waals surface area contributed by atoms with E-state index < -0.39 is 0 Å². The molecule has 0 radical (unpaired) electrons. The first-order chi connectivity index (χ1) is 9.66. The second kappa shape index (κ2) is 7.67. The highest BCUT2D eigenvalue weighted by molar-refractivity contribution is 5.25. The summed E-state index contributed by atoms with van der Waals surface area (Å²) in [4.78, 5) is 7.05. The van der Waals surface area contributed by atoms with Gasteiger partial charge in [0.05, 0.1) is 0 Å². The maximum absolute atomic E-state index is 4.41. The van der Waals surface area contributed by atoms with E-state index >= 15 is 0 Å². The summed E-state index contributed by atoms with van der Waals surface area (Å²) in [5, 5.41) is 3.43. The van der Waals surface area contributed by atoms with Crippen molar-refractivity contribution in [2.24, 2.45) is 5.92 Å². The van der Waals surface area contributed by atoms with Crippen molar-refractivity contribution in [2.75, 3.05) is 25.0 Å². The molecule has 1 unspecified atom stereocenters. The van der Waals surface area contributed by atoms with Gasteiger partial charge in [-0.1, -0.05) is 20.3 Å². The summed E-state index contributed by atoms with van der Waals surface area (Å²) >= 11 is 0. The molecule has 4 nitrogen and oxygen atoms in total. The Morgan fingerprint density at radius 2 is 2.20 bits per heavy atom. The maximum Gasteiger partial charge on any atom is 0.202 e. The first-order valence-electron chi connectivity index (χ1n) is 8.16. The van der Waals surface area contributed by atoms with Crippen molar-refractivity contribution < 1.29 is 0 Å². The fourth-order valence-electron chi connectivity index (χ4n) is 2.89. The molecule has 1 N–H and O–H groups in total. The SMILES string of the molecule is CC(C)CNc1nccn1CCCN1CCCCC1C. The van der Waals surface area contributed by atoms with Crippen LogP contribution in [0.25, 0.3) is 0 Å². The number of nitrogens with one attached hydrogen (secondary N) is 1. The van der Waals surface area contributed by atoms with Gasteiger partial charge in [-0.25, -0.2) is 4.98 Å². The monoisotopic (exact) mass is 278 g/mol. The van der Waals surface area contributed by atoms with Crippen LogP contribution < -0.4 is 5.32 Å². The van der Waals surface area contributed by atoms with Gasteiger partial charge in [-0.05, 0) is 38.6 Å². The molecule has 0 spiro atoms. The third-order valence-corrected chi connectivity index (χ3v) is 4.17. The summed E-state index contributed by atoms with van der Waals surface area (Å²) in [5.74, 6) is 1.67. The predicted molar refractivity (Wildman–Crippen MR) is 85.1 cm³/mol. The number of anilines is 1. The molecule has 2 rings (SSSR count). The van der Waals surface area contributed by atoms with Crippen LogP contribution in [0.2, 0.25) is 0 Å². The van der Waals surface area contributed by atoms with Crippen LogP contribution in [-0.2, 0) is 6.54 Å². The Labute approximate surface area is 123 Å². The molecule has 1 aromatic rings. The summed E-state index contributed by atoms with van der Waals surface area (Å²) in [5.41, 5.74) is 0. The molecule has 0 aliphatic carbocycles. The lowest BCUT2D eigenvalue weighted by atomic mass is 10.0. The number of piperidine rings is 1. The van der Waals surface area contributed by atoms with E-state index in [-0.39, 0.29) is 0 Å². The Bertz CT molecular complexity index is 386. The molecule has 2 heterocycles. The Morgan fingerprint density at radius 1 is 1.35 bits per heavy atom. The first kappa shape index (κ1) is 15.4. The fraction of sp³-hybridized carbons (Fsp3) is 0.812. The third-order valence-electron chi connectivity index (χ3n) is 4.17. The summed E-state index contributed by atoms with van der Waals surface area (Å²) in [6, 6.07) is 0.769. The number of hydrogen-bond donors (Lipinski definition) is 1. The van der Waals surface area contributed by atoms with Crippen molar-refractivity contribution in [3.8, 4) is 0 Å². The van der Waals surface area contributed by atoms with Gasteiger partial charge in [-0.3, -0.25) is 0 Å². The summed E-state index contributed by atoms with van der Waals surface area (Å²) in [6.07, 6.45) is 9.33. The number of imidazole rings is 1. The van der Waals surface area contributed by atoms with E-state index in [1.807, 2.05) is 6.20 Å². The topological polar surface area (TPSA) is 33.1 Å². The highest BCUT2D eigenvalue weighted by atomic mass is 15.2. The molecule has 4 heteroatoms. The molecule has 20 heavy (non-hydrogen) atoms. The Hall–Kier alpha value is -1.03. The molecular weight excluding hydrogens is 248 g/mol. The van der Waals surface area contributed by atoms with Crippen LogP contribution in [0.4, 0.5) is 5.95 Å². The minimum absolute atomic E-state index is 0.648. The van der Waals surface area contributed by atoms with Crippen LogP contribution in [0.1, 0.15) is 46.5 Å². The van der Waals surface area contributed by atoms with E-state index in [1.165, 1.54) is 38.8 Å². The van der Waals surface area contributed by atoms with E-state index in [1.54, 1.807) is 0 Å². The molecule has 0 aromatic carbocycles. The van der Waals surface area contributed by atoms with E-state index in [2.05, 4.69) is 46.7 Å². The van der Waals surface area contributed by atoms with E-state index in [0.29, 0.717) is 5.92 Å². The second-order valence-corrected chi connectivity index (χ2v) is 6.45. The minimum atomic E-state index is 0.648. The fourth-order valence-corrected chi connectivity index (χ4v) is 2.89. The van der Waals surface area contributed by atoms with Crippen LogP contribution in [0.5, 0.6) is 0 Å². The molecule has 1 aromatic heterocycles. The molecule has 114 valence electrons.